The predicted molar refractivity (Wildman–Crippen MR) is 498 cm³/mol. The zero-order valence-corrected chi connectivity index (χ0v) is 74.4. The van der Waals surface area contributed by atoms with Crippen LogP contribution >= 0.6 is 34.3 Å². The zero-order valence-electron chi connectivity index (χ0n) is 71.2. The molecule has 10 aromatic carbocycles. The van der Waals surface area contributed by atoms with Gasteiger partial charge >= 0.3 is 5.88 Å². The number of nitro groups is 1. The molecule has 0 bridgehead atoms. The Kier molecular flexibility index (Phi) is 27.7. The molecule has 20 rings (SSSR count). The van der Waals surface area contributed by atoms with Gasteiger partial charge in [-0.3, -0.25) is 133 Å². The molecule has 1 fully saturated rings. The highest BCUT2D eigenvalue weighted by Gasteiger charge is 2.36. The second-order valence-electron chi connectivity index (χ2n) is 30.2. The van der Waals surface area contributed by atoms with Gasteiger partial charge in [0.15, 0.2) is 16.6 Å². The van der Waals surface area contributed by atoms with Gasteiger partial charge in [-0.15, -0.1) is 22.7 Å². The largest absolute Gasteiger partial charge is 0.433 e. The van der Waals surface area contributed by atoms with Gasteiger partial charge in [-0.1, -0.05) is 60.5 Å². The number of hydrogen-bond donors (Lipinski definition) is 12. The first-order valence-corrected chi connectivity index (χ1v) is 44.4. The first kappa shape index (κ1) is 95.1. The summed E-state index contributed by atoms with van der Waals surface area (Å²) in [7, 11) is -3.57. The lowest BCUT2D eigenvalue weighted by molar-refractivity contribution is -0.402. The second-order valence-corrected chi connectivity index (χ2v) is 34.9. The van der Waals surface area contributed by atoms with Gasteiger partial charge < -0.3 is 36.3 Å². The van der Waals surface area contributed by atoms with Gasteiger partial charge in [-0.05, 0) is 202 Å². The van der Waals surface area contributed by atoms with E-state index in [-0.39, 0.29) is 107 Å². The van der Waals surface area contributed by atoms with E-state index in [0.717, 1.165) is 52.9 Å². The number of sulfonamides is 1. The lowest BCUT2D eigenvalue weighted by Crippen LogP contribution is -2.35. The maximum absolute atomic E-state index is 12.7. The van der Waals surface area contributed by atoms with Crippen LogP contribution in [0, 0.1) is 21.4 Å². The highest BCUT2D eigenvalue weighted by Crippen LogP contribution is 2.33. The number of hydrogen-bond acceptors (Lipinski definition) is 28. The molecule has 18 amide bonds. The number of ketones is 1. The third-order valence-electron chi connectivity index (χ3n) is 21.2. The van der Waals surface area contributed by atoms with Gasteiger partial charge in [0.25, 0.3) is 106 Å². The number of anilines is 6. The standard InChI is InChI=1S/C20H19N3O5S.C17H12N2O4.C16H9N3O3S.C16H9N3O3.C13H7ClN2O3S.C13H7N3O6/c24-18(21-16-6-4-5-15-17(16)20(26)22-19(15)25)13-7-9-14(10-8-13)29(27,28)23-11-2-1-3-12-23;1-9(20)10-2-4-11(5-3-10)15(21)18-12-6-7-13-14(8-12)17(23)19-16(13)22;20-13-9-6-5-8(7-10(9)14(21)19-13)17-15(22)16-18-11-3-1-2-4-12(11)23-16;17-8-9-1-3-10(4-2-9)14(20)18-11-5-6-12-13(7-11)16(22)19-15(12)21;14-9-5-4-8(20-9)12(18)15-7-3-1-2-6-10(7)13(19)16-11(6)17;17-11-6-2-1-3-7(10(6)13(19)15-11)14-12(18)8-4-5-9(22-8)16(20)21/h4-10H,1-3,11-12H2,(H,21,24)(H,22,25,26);2-8H,1H3,(H,18,21)(H,19,22,23);1-7H,(H,17,22)(H,19,20,21);1-7H,(H,18,20)(H,19,21,22);1-5H,(H,15,18)(H,16,17,19);1-5H,(H,14,18)(H,15,17,19). The molecule has 0 radical (unpaired) electrons. The van der Waals surface area contributed by atoms with Crippen LogP contribution in [0.15, 0.2) is 240 Å². The van der Waals surface area contributed by atoms with E-state index in [0.29, 0.717) is 89.0 Å². The minimum absolute atomic E-state index is 0.0434. The molecule has 10 heterocycles. The van der Waals surface area contributed by atoms with Crippen molar-refractivity contribution in [1.29, 1.82) is 5.26 Å². The molecule has 692 valence electrons. The normalized spacial score (nSPS) is 13.6. The van der Waals surface area contributed by atoms with Crippen LogP contribution in [0.2, 0.25) is 4.34 Å². The number of para-hydroxylation sites is 1. The molecule has 40 nitrogen and oxygen atoms in total. The van der Waals surface area contributed by atoms with Gasteiger partial charge in [0.1, 0.15) is 4.92 Å². The van der Waals surface area contributed by atoms with Crippen molar-refractivity contribution in [2.45, 2.75) is 31.1 Å². The molecular weight excluding hydrogens is 1880 g/mol. The number of nitrogens with one attached hydrogen (secondary N) is 12. The number of rotatable bonds is 16. The summed E-state index contributed by atoms with van der Waals surface area (Å²) in [6.07, 6.45) is 2.71. The molecule has 139 heavy (non-hydrogen) atoms. The van der Waals surface area contributed by atoms with Crippen molar-refractivity contribution in [3.05, 3.63) is 355 Å². The first-order chi connectivity index (χ1) is 66.5. The molecule has 1 saturated heterocycles. The summed E-state index contributed by atoms with van der Waals surface area (Å²) in [5.41, 5.74) is 7.27. The minimum Gasteiger partial charge on any atom is -0.395 e. The molecule has 7 aliphatic heterocycles. The lowest BCUT2D eigenvalue weighted by Gasteiger charge is -2.25. The van der Waals surface area contributed by atoms with E-state index >= 15 is 0 Å². The van der Waals surface area contributed by atoms with Crippen molar-refractivity contribution < 1.29 is 109 Å². The van der Waals surface area contributed by atoms with Crippen LogP contribution in [0.4, 0.5) is 40.0 Å². The Balaban J connectivity index is 0.000000127. The fourth-order valence-corrected chi connectivity index (χ4v) is 17.7. The summed E-state index contributed by atoms with van der Waals surface area (Å²) in [6.45, 7) is 2.46. The number of carbonyl (C=O) groups excluding carboxylic acids is 19. The molecular formula is C95H63ClN16O24S3. The number of nitriles is 1. The maximum atomic E-state index is 12.7. The van der Waals surface area contributed by atoms with Gasteiger partial charge in [0.2, 0.25) is 10.0 Å². The summed E-state index contributed by atoms with van der Waals surface area (Å²) in [5.74, 6) is -9.60. The number of carbonyl (C=O) groups is 19. The minimum atomic E-state index is -3.57. The smallest absolute Gasteiger partial charge is 0.395 e. The quantitative estimate of drug-likeness (QED) is 0.0185. The third-order valence-corrected chi connectivity index (χ3v) is 25.4. The number of thiazole rings is 1. The van der Waals surface area contributed by atoms with Crippen LogP contribution in [-0.4, -0.2) is 148 Å². The van der Waals surface area contributed by atoms with Crippen molar-refractivity contribution >= 4 is 207 Å². The number of thiophene rings is 1. The van der Waals surface area contributed by atoms with E-state index in [2.05, 4.69) is 68.8 Å². The fourth-order valence-electron chi connectivity index (χ4n) is 14.4. The number of furan rings is 1. The van der Waals surface area contributed by atoms with Crippen LogP contribution in [-0.2, 0) is 10.0 Å². The first-order valence-electron chi connectivity index (χ1n) is 41.0. The predicted octanol–water partition coefficient (Wildman–Crippen LogP) is 12.0. The number of fused-ring (bicyclic) bond motifs is 7. The monoisotopic (exact) mass is 1940 g/mol. The average Bonchev–Trinajstić information content (AvgIpc) is 1.71. The molecule has 0 aliphatic carbocycles. The van der Waals surface area contributed by atoms with E-state index in [4.69, 9.17) is 21.3 Å². The van der Waals surface area contributed by atoms with Crippen molar-refractivity contribution in [1.82, 2.24) is 41.2 Å². The van der Waals surface area contributed by atoms with E-state index in [9.17, 15) is 110 Å². The third kappa shape index (κ3) is 21.1. The summed E-state index contributed by atoms with van der Waals surface area (Å²) >= 11 is 8.20. The molecule has 12 N–H and O–H groups in total. The van der Waals surface area contributed by atoms with Crippen LogP contribution in [0.1, 0.15) is 228 Å². The van der Waals surface area contributed by atoms with Gasteiger partial charge in [-0.2, -0.15) is 9.57 Å². The van der Waals surface area contributed by atoms with E-state index in [1.54, 1.807) is 84.9 Å². The van der Waals surface area contributed by atoms with Crippen LogP contribution in [0.25, 0.3) is 10.2 Å². The Morgan fingerprint density at radius 1 is 0.410 bits per heavy atom. The number of benzene rings is 10. The van der Waals surface area contributed by atoms with Crippen molar-refractivity contribution in [2.24, 2.45) is 0 Å². The molecule has 0 atom stereocenters. The average molecular weight is 1940 g/mol. The van der Waals surface area contributed by atoms with Crippen LogP contribution in [0.3, 0.4) is 0 Å². The molecule has 0 saturated carbocycles. The topological polar surface area (TPSA) is 599 Å². The SMILES string of the molecule is CC(=O)c1ccc(C(=O)Nc2ccc3c(c2)C(=O)NC3=O)cc1.N#Cc1ccc(C(=O)Nc2ccc3c(c2)C(=O)NC3=O)cc1.O=C(Nc1ccc2c(c1)C(=O)NC2=O)c1nc2ccccc2s1.O=C(Nc1cccc2c1C(=O)NC2=O)c1ccc(Cl)s1.O=C(Nc1cccc2c1C(=O)NC2=O)c1ccc(S(=O)(=O)N2CCCCC2)cc1.O=C(Nc1cccc2c1C(=O)NC2=O)c1ccc([N+](=O)[O-])o1. The Bertz CT molecular complexity index is 7680. The summed E-state index contributed by atoms with van der Waals surface area (Å²) in [6, 6.07) is 60.2. The Hall–Kier alpha value is -18.5. The Morgan fingerprint density at radius 2 is 0.799 bits per heavy atom. The highest BCUT2D eigenvalue weighted by atomic mass is 35.5. The number of nitrogens with zero attached hydrogens (tertiary/aromatic N) is 4. The van der Waals surface area contributed by atoms with Crippen molar-refractivity contribution in [3.8, 4) is 6.07 Å². The zero-order chi connectivity index (χ0) is 98.9. The van der Waals surface area contributed by atoms with Crippen molar-refractivity contribution in [3.63, 3.8) is 0 Å². The number of amides is 18. The maximum Gasteiger partial charge on any atom is 0.433 e. The van der Waals surface area contributed by atoms with Crippen LogP contribution in [0.5, 0.6) is 0 Å². The number of piperidine rings is 1. The Morgan fingerprint density at radius 3 is 1.22 bits per heavy atom. The van der Waals surface area contributed by atoms with Crippen molar-refractivity contribution in [2.75, 3.05) is 45.0 Å². The summed E-state index contributed by atoms with van der Waals surface area (Å²) in [5, 5.41) is 48.3. The molecule has 3 aromatic heterocycles. The second kappa shape index (κ2) is 40.5. The molecule has 0 spiro atoms. The summed E-state index contributed by atoms with van der Waals surface area (Å²) in [4.78, 5) is 238. The number of Topliss-reactive ketones (excluding diaryl/α,β-unsaturated/α-hetero) is 1. The highest BCUT2D eigenvalue weighted by molar-refractivity contribution is 7.89. The molecule has 44 heteroatoms. The van der Waals surface area contributed by atoms with Gasteiger partial charge in [0.05, 0.1) is 126 Å². The van der Waals surface area contributed by atoms with E-state index in [1.165, 1.54) is 132 Å². The molecule has 7 aliphatic rings. The molecule has 0 unspecified atom stereocenters. The lowest BCUT2D eigenvalue weighted by atomic mass is 10.1. The van der Waals surface area contributed by atoms with E-state index < -0.39 is 104 Å². The fraction of sp³-hybridized carbons (Fsp3) is 0.0632. The Labute approximate surface area is 794 Å². The number of halogens is 1. The molecule has 13 aromatic rings. The van der Waals surface area contributed by atoms with Gasteiger partial charge in [0, 0.05) is 52.4 Å². The van der Waals surface area contributed by atoms with E-state index in [1.807, 2.05) is 30.3 Å². The summed E-state index contributed by atoms with van der Waals surface area (Å²) < 4.78 is 33.1. The number of imide groups is 6. The van der Waals surface area contributed by atoms with Crippen LogP contribution < -0.4 is 63.8 Å². The number of aromatic nitrogens is 1. The van der Waals surface area contributed by atoms with Gasteiger partial charge in [-0.25, -0.2) is 13.4 Å².